The van der Waals surface area contributed by atoms with E-state index < -0.39 is 0 Å². The maximum atomic E-state index is 5.06. The molecule has 0 spiro atoms. The molecule has 0 aromatic heterocycles. The third-order valence-electron chi connectivity index (χ3n) is 2.27. The molecule has 1 aliphatic heterocycles. The van der Waals surface area contributed by atoms with Crippen molar-refractivity contribution in [1.82, 2.24) is 5.32 Å². The van der Waals surface area contributed by atoms with E-state index in [1.165, 1.54) is 5.56 Å². The van der Waals surface area contributed by atoms with Crippen LogP contribution in [0.1, 0.15) is 5.56 Å². The van der Waals surface area contributed by atoms with E-state index in [2.05, 4.69) is 29.6 Å². The van der Waals surface area contributed by atoms with Crippen LogP contribution >= 0.6 is 0 Å². The Morgan fingerprint density at radius 3 is 2.71 bits per heavy atom. The van der Waals surface area contributed by atoms with E-state index >= 15 is 0 Å². The minimum absolute atomic E-state index is 0.565. The summed E-state index contributed by atoms with van der Waals surface area (Å²) in [4.78, 5) is 0. The van der Waals surface area contributed by atoms with Gasteiger partial charge in [-0.1, -0.05) is 42.5 Å². The van der Waals surface area contributed by atoms with Gasteiger partial charge in [-0.3, -0.25) is 0 Å². The Balaban J connectivity index is 1.71. The predicted molar refractivity (Wildman–Crippen MR) is 58.1 cm³/mol. The maximum absolute atomic E-state index is 5.06. The zero-order chi connectivity index (χ0) is 9.64. The first-order valence-corrected chi connectivity index (χ1v) is 4.98. The first-order chi connectivity index (χ1) is 6.95. The van der Waals surface area contributed by atoms with Crippen LogP contribution in [0.2, 0.25) is 0 Å². The summed E-state index contributed by atoms with van der Waals surface area (Å²) in [6.07, 6.45) is 4.28. The third-order valence-corrected chi connectivity index (χ3v) is 2.27. The molecule has 0 bridgehead atoms. The monoisotopic (exact) mass is 189 g/mol. The molecule has 14 heavy (non-hydrogen) atoms. The molecule has 2 nitrogen and oxygen atoms in total. The van der Waals surface area contributed by atoms with E-state index in [0.717, 1.165) is 19.8 Å². The number of ether oxygens (including phenoxy) is 1. The van der Waals surface area contributed by atoms with Crippen LogP contribution in [0.25, 0.3) is 6.08 Å². The van der Waals surface area contributed by atoms with Crippen molar-refractivity contribution in [2.45, 2.75) is 6.04 Å². The van der Waals surface area contributed by atoms with Crippen LogP contribution in [0.3, 0.4) is 0 Å². The van der Waals surface area contributed by atoms with Gasteiger partial charge in [-0.2, -0.15) is 0 Å². The van der Waals surface area contributed by atoms with E-state index in [0.29, 0.717) is 6.04 Å². The fraction of sp³-hybridized carbons (Fsp3) is 0.333. The smallest absolute Gasteiger partial charge is 0.0643 e. The lowest BCUT2D eigenvalue weighted by Gasteiger charge is -2.26. The molecule has 2 heteroatoms. The quantitative estimate of drug-likeness (QED) is 0.778. The van der Waals surface area contributed by atoms with Crippen LogP contribution in [-0.4, -0.2) is 25.8 Å². The molecule has 2 rings (SSSR count). The SMILES string of the molecule is C(=Cc1ccccc1)CNC1COC1. The second-order valence-electron chi connectivity index (χ2n) is 3.46. The van der Waals surface area contributed by atoms with E-state index in [1.807, 2.05) is 18.2 Å². The Kier molecular flexibility index (Phi) is 3.33. The Hall–Kier alpha value is -1.12. The molecule has 1 fully saturated rings. The summed E-state index contributed by atoms with van der Waals surface area (Å²) >= 11 is 0. The normalized spacial score (nSPS) is 17.1. The molecule has 1 saturated heterocycles. The van der Waals surface area contributed by atoms with Crippen molar-refractivity contribution in [2.75, 3.05) is 19.8 Å². The van der Waals surface area contributed by atoms with Crippen molar-refractivity contribution in [2.24, 2.45) is 0 Å². The lowest BCUT2D eigenvalue weighted by atomic mass is 10.2. The van der Waals surface area contributed by atoms with Gasteiger partial charge in [0.2, 0.25) is 0 Å². The summed E-state index contributed by atoms with van der Waals surface area (Å²) in [6, 6.07) is 10.9. The lowest BCUT2D eigenvalue weighted by molar-refractivity contribution is -0.00344. The van der Waals surface area contributed by atoms with Gasteiger partial charge >= 0.3 is 0 Å². The van der Waals surface area contributed by atoms with Gasteiger partial charge in [-0.15, -0.1) is 0 Å². The summed E-state index contributed by atoms with van der Waals surface area (Å²) in [7, 11) is 0. The number of hydrogen-bond donors (Lipinski definition) is 1. The molecule has 0 saturated carbocycles. The van der Waals surface area contributed by atoms with Gasteiger partial charge in [0.15, 0.2) is 0 Å². The molecule has 0 atom stereocenters. The molecule has 1 heterocycles. The molecule has 0 unspecified atom stereocenters. The van der Waals surface area contributed by atoms with Crippen LogP contribution in [-0.2, 0) is 4.74 Å². The largest absolute Gasteiger partial charge is 0.378 e. The van der Waals surface area contributed by atoms with Crippen molar-refractivity contribution >= 4 is 6.08 Å². The van der Waals surface area contributed by atoms with Crippen LogP contribution < -0.4 is 5.32 Å². The van der Waals surface area contributed by atoms with E-state index in [1.54, 1.807) is 0 Å². The minimum atomic E-state index is 0.565. The number of hydrogen-bond acceptors (Lipinski definition) is 2. The zero-order valence-electron chi connectivity index (χ0n) is 8.15. The Morgan fingerprint density at radius 2 is 2.07 bits per heavy atom. The third kappa shape index (κ3) is 2.69. The van der Waals surface area contributed by atoms with Gasteiger partial charge in [0.1, 0.15) is 0 Å². The van der Waals surface area contributed by atoms with Crippen molar-refractivity contribution in [1.29, 1.82) is 0 Å². The van der Waals surface area contributed by atoms with Crippen molar-refractivity contribution in [3.05, 3.63) is 42.0 Å². The molecule has 1 aliphatic rings. The summed E-state index contributed by atoms with van der Waals surface area (Å²) in [5.74, 6) is 0. The standard InChI is InChI=1S/C12H15NO/c1-2-5-11(6-3-1)7-4-8-13-12-9-14-10-12/h1-7,12-13H,8-10H2. The highest BCUT2D eigenvalue weighted by atomic mass is 16.5. The zero-order valence-corrected chi connectivity index (χ0v) is 8.15. The maximum Gasteiger partial charge on any atom is 0.0643 e. The van der Waals surface area contributed by atoms with Crippen LogP contribution in [0.5, 0.6) is 0 Å². The average Bonchev–Trinajstić information content (AvgIpc) is 2.16. The van der Waals surface area contributed by atoms with Crippen molar-refractivity contribution < 1.29 is 4.74 Å². The van der Waals surface area contributed by atoms with Crippen LogP contribution in [0, 0.1) is 0 Å². The van der Waals surface area contributed by atoms with Gasteiger partial charge < -0.3 is 10.1 Å². The van der Waals surface area contributed by atoms with Gasteiger partial charge in [0.25, 0.3) is 0 Å². The van der Waals surface area contributed by atoms with E-state index in [-0.39, 0.29) is 0 Å². The van der Waals surface area contributed by atoms with Crippen molar-refractivity contribution in [3.8, 4) is 0 Å². The Bertz CT molecular complexity index is 290. The minimum Gasteiger partial charge on any atom is -0.378 e. The topological polar surface area (TPSA) is 21.3 Å². The van der Waals surface area contributed by atoms with Gasteiger partial charge in [0, 0.05) is 6.54 Å². The molecule has 1 aromatic rings. The number of benzene rings is 1. The van der Waals surface area contributed by atoms with Gasteiger partial charge in [-0.05, 0) is 5.56 Å². The van der Waals surface area contributed by atoms with Gasteiger partial charge in [-0.25, -0.2) is 0 Å². The second-order valence-corrected chi connectivity index (χ2v) is 3.46. The summed E-state index contributed by atoms with van der Waals surface area (Å²) in [5.41, 5.74) is 1.25. The molecule has 74 valence electrons. The number of nitrogens with one attached hydrogen (secondary N) is 1. The highest BCUT2D eigenvalue weighted by Gasteiger charge is 2.15. The van der Waals surface area contributed by atoms with Crippen LogP contribution in [0.15, 0.2) is 36.4 Å². The fourth-order valence-electron chi connectivity index (χ4n) is 1.35. The first kappa shape index (κ1) is 9.44. The van der Waals surface area contributed by atoms with Gasteiger partial charge in [0.05, 0.1) is 19.3 Å². The summed E-state index contributed by atoms with van der Waals surface area (Å²) < 4.78 is 5.06. The average molecular weight is 189 g/mol. The fourth-order valence-corrected chi connectivity index (χ4v) is 1.35. The molecule has 1 N–H and O–H groups in total. The highest BCUT2D eigenvalue weighted by molar-refractivity contribution is 5.48. The van der Waals surface area contributed by atoms with Crippen LogP contribution in [0.4, 0.5) is 0 Å². The first-order valence-electron chi connectivity index (χ1n) is 4.98. The van der Waals surface area contributed by atoms with E-state index in [4.69, 9.17) is 4.74 Å². The summed E-state index contributed by atoms with van der Waals surface area (Å²) in [5, 5.41) is 3.38. The molecular weight excluding hydrogens is 174 g/mol. The van der Waals surface area contributed by atoms with Crippen molar-refractivity contribution in [3.63, 3.8) is 0 Å². The Labute approximate surface area is 84.6 Å². The highest BCUT2D eigenvalue weighted by Crippen LogP contribution is 2.01. The lowest BCUT2D eigenvalue weighted by Crippen LogP contribution is -2.45. The molecule has 0 radical (unpaired) electrons. The molecule has 0 amide bonds. The Morgan fingerprint density at radius 1 is 1.29 bits per heavy atom. The summed E-state index contributed by atoms with van der Waals surface area (Å²) in [6.45, 7) is 2.64. The molecular formula is C12H15NO. The number of rotatable bonds is 4. The molecule has 1 aromatic carbocycles. The predicted octanol–water partition coefficient (Wildman–Crippen LogP) is 1.69. The second kappa shape index (κ2) is 4.94. The molecule has 0 aliphatic carbocycles. The van der Waals surface area contributed by atoms with E-state index in [9.17, 15) is 0 Å².